The first kappa shape index (κ1) is 12.1. The van der Waals surface area contributed by atoms with Crippen molar-refractivity contribution in [1.82, 2.24) is 9.78 Å². The fourth-order valence-corrected chi connectivity index (χ4v) is 3.50. The van der Waals surface area contributed by atoms with E-state index in [4.69, 9.17) is 11.6 Å². The highest BCUT2D eigenvalue weighted by Gasteiger charge is 2.11. The molecule has 2 aromatic heterocycles. The van der Waals surface area contributed by atoms with Crippen LogP contribution in [0.15, 0.2) is 15.9 Å². The van der Waals surface area contributed by atoms with Crippen LogP contribution < -0.4 is 0 Å². The Kier molecular flexibility index (Phi) is 3.72. The molecule has 2 nitrogen and oxygen atoms in total. The lowest BCUT2D eigenvalue weighted by atomic mass is 10.2. The second-order valence-corrected chi connectivity index (χ2v) is 5.75. The molecule has 0 radical (unpaired) electrons. The number of nitrogens with zero attached hydrogens (tertiary/aromatic N) is 2. The molecule has 2 aromatic rings. The van der Waals surface area contributed by atoms with Crippen LogP contribution in [0, 0.1) is 13.8 Å². The first-order chi connectivity index (χ1) is 7.63. The molecule has 0 spiro atoms. The average Bonchev–Trinajstić information content (AvgIpc) is 2.74. The number of aryl methyl sites for hydroxylation is 1. The molecule has 0 unspecified atom stereocenters. The minimum absolute atomic E-state index is 0.531. The van der Waals surface area contributed by atoms with Crippen LogP contribution in [0.3, 0.4) is 0 Å². The molecule has 86 valence electrons. The second kappa shape index (κ2) is 4.90. The molecule has 0 fully saturated rings. The lowest BCUT2D eigenvalue weighted by molar-refractivity contribution is 0.664. The zero-order valence-electron chi connectivity index (χ0n) is 9.13. The first-order valence-electron chi connectivity index (χ1n) is 4.94. The highest BCUT2D eigenvalue weighted by atomic mass is 79.9. The van der Waals surface area contributed by atoms with Gasteiger partial charge in [-0.3, -0.25) is 4.68 Å². The van der Waals surface area contributed by atoms with Gasteiger partial charge >= 0.3 is 0 Å². The molecule has 0 aromatic carbocycles. The van der Waals surface area contributed by atoms with Crippen molar-refractivity contribution in [2.24, 2.45) is 0 Å². The van der Waals surface area contributed by atoms with E-state index in [9.17, 15) is 0 Å². The fourth-order valence-electron chi connectivity index (χ4n) is 1.66. The summed E-state index contributed by atoms with van der Waals surface area (Å²) in [6.45, 7) is 4.88. The van der Waals surface area contributed by atoms with Crippen molar-refractivity contribution >= 4 is 38.9 Å². The van der Waals surface area contributed by atoms with Gasteiger partial charge in [-0.05, 0) is 41.2 Å². The Balaban J connectivity index is 2.32. The summed E-state index contributed by atoms with van der Waals surface area (Å²) in [7, 11) is 0. The van der Waals surface area contributed by atoms with Crippen LogP contribution in [0.5, 0.6) is 0 Å². The van der Waals surface area contributed by atoms with Crippen LogP contribution in [-0.4, -0.2) is 9.78 Å². The zero-order chi connectivity index (χ0) is 11.7. The molecule has 0 aliphatic heterocycles. The van der Waals surface area contributed by atoms with Crippen LogP contribution in [0.25, 0.3) is 0 Å². The number of hydrogen-bond acceptors (Lipinski definition) is 2. The Morgan fingerprint density at radius 3 is 2.75 bits per heavy atom. The normalized spacial score (nSPS) is 11.0. The number of alkyl halides is 1. The van der Waals surface area contributed by atoms with Gasteiger partial charge in [0.1, 0.15) is 0 Å². The highest BCUT2D eigenvalue weighted by Crippen LogP contribution is 2.25. The molecule has 0 bridgehead atoms. The SMILES string of the molecule is Cc1nn(Cc2sccc2Br)c(C)c1CCl. The van der Waals surface area contributed by atoms with Crippen LogP contribution in [0.1, 0.15) is 21.8 Å². The number of hydrogen-bond donors (Lipinski definition) is 0. The Morgan fingerprint density at radius 2 is 2.25 bits per heavy atom. The van der Waals surface area contributed by atoms with E-state index in [1.807, 2.05) is 11.6 Å². The predicted molar refractivity (Wildman–Crippen MR) is 72.4 cm³/mol. The summed E-state index contributed by atoms with van der Waals surface area (Å²) in [6.07, 6.45) is 0. The van der Waals surface area contributed by atoms with Crippen LogP contribution in [0.4, 0.5) is 0 Å². The van der Waals surface area contributed by atoms with Crippen LogP contribution >= 0.6 is 38.9 Å². The predicted octanol–water partition coefficient (Wildman–Crippen LogP) is 4.11. The van der Waals surface area contributed by atoms with Crippen molar-refractivity contribution in [1.29, 1.82) is 0 Å². The molecule has 2 rings (SSSR count). The summed E-state index contributed by atoms with van der Waals surface area (Å²) < 4.78 is 3.17. The van der Waals surface area contributed by atoms with E-state index in [2.05, 4.69) is 39.4 Å². The van der Waals surface area contributed by atoms with Crippen molar-refractivity contribution in [3.05, 3.63) is 37.7 Å². The molecule has 0 saturated carbocycles. The summed E-state index contributed by atoms with van der Waals surface area (Å²) >= 11 is 11.2. The van der Waals surface area contributed by atoms with Gasteiger partial charge in [0.15, 0.2) is 0 Å². The van der Waals surface area contributed by atoms with Crippen molar-refractivity contribution in [2.45, 2.75) is 26.3 Å². The third-order valence-corrected chi connectivity index (χ3v) is 4.83. The van der Waals surface area contributed by atoms with E-state index in [1.165, 1.54) is 4.88 Å². The maximum atomic E-state index is 5.90. The van der Waals surface area contributed by atoms with E-state index in [1.54, 1.807) is 11.3 Å². The average molecular weight is 320 g/mol. The number of aromatic nitrogens is 2. The third-order valence-electron chi connectivity index (χ3n) is 2.65. The zero-order valence-corrected chi connectivity index (χ0v) is 12.3. The van der Waals surface area contributed by atoms with Gasteiger partial charge in [0, 0.05) is 20.6 Å². The van der Waals surface area contributed by atoms with Gasteiger partial charge < -0.3 is 0 Å². The van der Waals surface area contributed by atoms with Crippen molar-refractivity contribution in [3.63, 3.8) is 0 Å². The van der Waals surface area contributed by atoms with Gasteiger partial charge in [0.25, 0.3) is 0 Å². The van der Waals surface area contributed by atoms with Gasteiger partial charge in [-0.25, -0.2) is 0 Å². The van der Waals surface area contributed by atoms with Gasteiger partial charge in [-0.1, -0.05) is 0 Å². The van der Waals surface area contributed by atoms with Gasteiger partial charge in [-0.2, -0.15) is 5.10 Å². The Hall–Kier alpha value is -0.320. The monoisotopic (exact) mass is 318 g/mol. The molecule has 2 heterocycles. The Labute approximate surface area is 112 Å². The topological polar surface area (TPSA) is 17.8 Å². The molecule has 5 heteroatoms. The molecule has 0 saturated heterocycles. The summed E-state index contributed by atoms with van der Waals surface area (Å²) in [5.41, 5.74) is 3.34. The quantitative estimate of drug-likeness (QED) is 0.778. The Bertz CT molecular complexity index is 504. The second-order valence-electron chi connectivity index (χ2n) is 3.63. The van der Waals surface area contributed by atoms with Crippen molar-refractivity contribution in [3.8, 4) is 0 Å². The van der Waals surface area contributed by atoms with Crippen molar-refractivity contribution < 1.29 is 0 Å². The van der Waals surface area contributed by atoms with E-state index in [0.717, 1.165) is 28.0 Å². The molecular weight excluding hydrogens is 308 g/mol. The van der Waals surface area contributed by atoms with E-state index in [-0.39, 0.29) is 0 Å². The van der Waals surface area contributed by atoms with Gasteiger partial charge in [-0.15, -0.1) is 22.9 Å². The van der Waals surface area contributed by atoms with Crippen LogP contribution in [0.2, 0.25) is 0 Å². The Morgan fingerprint density at radius 1 is 1.50 bits per heavy atom. The maximum Gasteiger partial charge on any atom is 0.0766 e. The highest BCUT2D eigenvalue weighted by molar-refractivity contribution is 9.10. The molecule has 0 aliphatic rings. The largest absolute Gasteiger partial charge is 0.264 e. The van der Waals surface area contributed by atoms with Gasteiger partial charge in [0.2, 0.25) is 0 Å². The maximum absolute atomic E-state index is 5.90. The van der Waals surface area contributed by atoms with Crippen molar-refractivity contribution in [2.75, 3.05) is 0 Å². The van der Waals surface area contributed by atoms with Crippen LogP contribution in [-0.2, 0) is 12.4 Å². The lowest BCUT2D eigenvalue weighted by Crippen LogP contribution is -2.03. The van der Waals surface area contributed by atoms with E-state index >= 15 is 0 Å². The van der Waals surface area contributed by atoms with E-state index < -0.39 is 0 Å². The molecule has 0 amide bonds. The summed E-state index contributed by atoms with van der Waals surface area (Å²) in [6, 6.07) is 2.06. The minimum Gasteiger partial charge on any atom is -0.264 e. The molecular formula is C11H12BrClN2S. The minimum atomic E-state index is 0.531. The summed E-state index contributed by atoms with van der Waals surface area (Å²) in [4.78, 5) is 1.28. The third kappa shape index (κ3) is 2.19. The summed E-state index contributed by atoms with van der Waals surface area (Å²) in [5.74, 6) is 0.531. The van der Waals surface area contributed by atoms with Gasteiger partial charge in [0.05, 0.1) is 18.1 Å². The molecule has 0 N–H and O–H groups in total. The molecule has 0 atom stereocenters. The molecule has 0 aliphatic carbocycles. The fraction of sp³-hybridized carbons (Fsp3) is 0.364. The number of rotatable bonds is 3. The number of halogens is 2. The standard InChI is InChI=1S/C11H12BrClN2S/c1-7-9(5-13)8(2)15(14-7)6-11-10(12)3-4-16-11/h3-4H,5-6H2,1-2H3. The van der Waals surface area contributed by atoms with E-state index in [0.29, 0.717) is 5.88 Å². The number of thiophene rings is 1. The summed E-state index contributed by atoms with van der Waals surface area (Å²) in [5, 5.41) is 6.59. The lowest BCUT2D eigenvalue weighted by Gasteiger charge is -2.03. The molecule has 16 heavy (non-hydrogen) atoms. The first-order valence-corrected chi connectivity index (χ1v) is 7.15. The smallest absolute Gasteiger partial charge is 0.0766 e.